The van der Waals surface area contributed by atoms with E-state index >= 15 is 0 Å². The van der Waals surface area contributed by atoms with Gasteiger partial charge in [0.05, 0.1) is 23.6 Å². The zero-order chi connectivity index (χ0) is 22.2. The van der Waals surface area contributed by atoms with Crippen LogP contribution in [0.1, 0.15) is 25.2 Å². The van der Waals surface area contributed by atoms with Crippen molar-refractivity contribution in [3.05, 3.63) is 82.1 Å². The molecule has 1 atom stereocenters. The van der Waals surface area contributed by atoms with E-state index in [2.05, 4.69) is 30.2 Å². The van der Waals surface area contributed by atoms with Gasteiger partial charge in [-0.1, -0.05) is 31.2 Å². The summed E-state index contributed by atoms with van der Waals surface area (Å²) in [4.78, 5) is 33.7. The van der Waals surface area contributed by atoms with Crippen LogP contribution in [0.4, 0.5) is 10.2 Å². The third kappa shape index (κ3) is 3.36. The summed E-state index contributed by atoms with van der Waals surface area (Å²) in [5.74, 6) is 0.237. The molecule has 0 aliphatic rings. The summed E-state index contributed by atoms with van der Waals surface area (Å²) in [6.45, 7) is 1.95. The maximum Gasteiger partial charge on any atom is 0.269 e. The summed E-state index contributed by atoms with van der Waals surface area (Å²) in [6, 6.07) is 13.0. The van der Waals surface area contributed by atoms with Crippen LogP contribution in [0, 0.1) is 5.82 Å². The van der Waals surface area contributed by atoms with Crippen molar-refractivity contribution >= 4 is 39.5 Å². The Bertz CT molecular complexity index is 1500. The van der Waals surface area contributed by atoms with E-state index in [9.17, 15) is 9.18 Å². The molecule has 0 saturated heterocycles. The Kier molecular flexibility index (Phi) is 5.02. The average Bonchev–Trinajstić information content (AvgIpc) is 3.26. The molecule has 2 N–H and O–H groups in total. The standard InChI is InChI=1S/C22H17ClFN7O/c1-2-14(27-19-17-18(26-11-25-17)29-22(23)30-19)20-28-15-10-6-9-13(24)16(15)21(32)31(20)12-7-4-3-5-8-12/h3-11,14H,2H2,1H3,(H2,25,26,27,29,30)/t14-/m0/s1. The number of aromatic nitrogens is 6. The van der Waals surface area contributed by atoms with Crippen LogP contribution in [0.2, 0.25) is 5.28 Å². The van der Waals surface area contributed by atoms with Gasteiger partial charge in [0.15, 0.2) is 11.5 Å². The van der Waals surface area contributed by atoms with Gasteiger partial charge in [-0.25, -0.2) is 14.4 Å². The van der Waals surface area contributed by atoms with E-state index in [0.29, 0.717) is 34.9 Å². The van der Waals surface area contributed by atoms with Crippen molar-refractivity contribution in [2.45, 2.75) is 19.4 Å². The number of rotatable bonds is 5. The number of para-hydroxylation sites is 1. The minimum absolute atomic E-state index is 0.0379. The fourth-order valence-corrected chi connectivity index (χ4v) is 3.86. The first kappa shape index (κ1) is 20.1. The molecule has 0 aliphatic carbocycles. The van der Waals surface area contributed by atoms with Gasteiger partial charge in [0.25, 0.3) is 5.56 Å². The third-order valence-corrected chi connectivity index (χ3v) is 5.35. The summed E-state index contributed by atoms with van der Waals surface area (Å²) < 4.78 is 16.0. The molecular weight excluding hydrogens is 433 g/mol. The Balaban J connectivity index is 1.74. The van der Waals surface area contributed by atoms with Crippen molar-refractivity contribution in [1.29, 1.82) is 0 Å². The quantitative estimate of drug-likeness (QED) is 0.385. The van der Waals surface area contributed by atoms with Crippen LogP contribution in [-0.2, 0) is 0 Å². The number of nitrogens with one attached hydrogen (secondary N) is 2. The SMILES string of the molecule is CC[C@H](Nc1nc(Cl)nc2nc[nH]c12)c1nc2cccc(F)c2c(=O)n1-c1ccccc1. The third-order valence-electron chi connectivity index (χ3n) is 5.18. The summed E-state index contributed by atoms with van der Waals surface area (Å²) in [6.07, 6.45) is 2.05. The molecule has 0 amide bonds. The fraction of sp³-hybridized carbons (Fsp3) is 0.136. The number of aromatic amines is 1. The van der Waals surface area contributed by atoms with Gasteiger partial charge in [0.1, 0.15) is 22.5 Å². The van der Waals surface area contributed by atoms with Gasteiger partial charge in [0.2, 0.25) is 5.28 Å². The van der Waals surface area contributed by atoms with Crippen LogP contribution in [-0.4, -0.2) is 29.5 Å². The number of hydrogen-bond acceptors (Lipinski definition) is 6. The Morgan fingerprint density at radius 2 is 1.94 bits per heavy atom. The van der Waals surface area contributed by atoms with E-state index in [1.165, 1.54) is 23.0 Å². The molecule has 5 rings (SSSR count). The van der Waals surface area contributed by atoms with E-state index in [1.807, 2.05) is 25.1 Å². The number of nitrogens with zero attached hydrogens (tertiary/aromatic N) is 5. The van der Waals surface area contributed by atoms with E-state index in [-0.39, 0.29) is 16.2 Å². The molecule has 10 heteroatoms. The second-order valence-corrected chi connectivity index (χ2v) is 7.47. The van der Waals surface area contributed by atoms with E-state index in [0.717, 1.165) is 0 Å². The van der Waals surface area contributed by atoms with Crippen molar-refractivity contribution in [1.82, 2.24) is 29.5 Å². The highest BCUT2D eigenvalue weighted by Crippen LogP contribution is 2.27. The highest BCUT2D eigenvalue weighted by Gasteiger charge is 2.23. The number of benzene rings is 2. The van der Waals surface area contributed by atoms with Gasteiger partial charge in [-0.3, -0.25) is 9.36 Å². The van der Waals surface area contributed by atoms with E-state index in [1.54, 1.807) is 18.2 Å². The molecule has 160 valence electrons. The minimum atomic E-state index is -0.612. The van der Waals surface area contributed by atoms with E-state index in [4.69, 9.17) is 11.6 Å². The van der Waals surface area contributed by atoms with Gasteiger partial charge < -0.3 is 10.3 Å². The molecule has 2 aromatic carbocycles. The summed E-state index contributed by atoms with van der Waals surface area (Å²) in [5.41, 5.74) is 1.37. The average molecular weight is 450 g/mol. The molecule has 8 nitrogen and oxygen atoms in total. The smallest absolute Gasteiger partial charge is 0.269 e. The molecule has 0 radical (unpaired) electrons. The second-order valence-electron chi connectivity index (χ2n) is 7.13. The molecule has 32 heavy (non-hydrogen) atoms. The van der Waals surface area contributed by atoms with Crippen molar-refractivity contribution in [3.8, 4) is 5.69 Å². The lowest BCUT2D eigenvalue weighted by atomic mass is 10.1. The highest BCUT2D eigenvalue weighted by atomic mass is 35.5. The number of H-pyrrole nitrogens is 1. The molecule has 0 aliphatic heterocycles. The Morgan fingerprint density at radius 1 is 1.12 bits per heavy atom. The monoisotopic (exact) mass is 449 g/mol. The zero-order valence-electron chi connectivity index (χ0n) is 16.9. The molecular formula is C22H17ClFN7O. The van der Waals surface area contributed by atoms with Gasteiger partial charge in [-0.05, 0) is 42.3 Å². The number of halogens is 2. The molecule has 3 heterocycles. The first-order valence-electron chi connectivity index (χ1n) is 9.96. The topological polar surface area (TPSA) is 101 Å². The van der Waals surface area contributed by atoms with Gasteiger partial charge in [-0.15, -0.1) is 0 Å². The van der Waals surface area contributed by atoms with Crippen molar-refractivity contribution in [3.63, 3.8) is 0 Å². The number of imidazole rings is 1. The molecule has 0 fully saturated rings. The molecule has 3 aromatic heterocycles. The Hall–Kier alpha value is -3.85. The number of fused-ring (bicyclic) bond motifs is 2. The summed E-state index contributed by atoms with van der Waals surface area (Å²) in [7, 11) is 0. The van der Waals surface area contributed by atoms with Crippen LogP contribution >= 0.6 is 11.6 Å². The summed E-state index contributed by atoms with van der Waals surface area (Å²) >= 11 is 6.07. The zero-order valence-corrected chi connectivity index (χ0v) is 17.6. The van der Waals surface area contributed by atoms with Crippen LogP contribution in [0.15, 0.2) is 59.7 Å². The summed E-state index contributed by atoms with van der Waals surface area (Å²) in [5, 5.41) is 3.29. The van der Waals surface area contributed by atoms with Gasteiger partial charge >= 0.3 is 0 Å². The maximum atomic E-state index is 14.6. The van der Waals surface area contributed by atoms with E-state index < -0.39 is 17.4 Å². The van der Waals surface area contributed by atoms with Crippen LogP contribution in [0.25, 0.3) is 27.8 Å². The van der Waals surface area contributed by atoms with Crippen molar-refractivity contribution in [2.24, 2.45) is 0 Å². The first-order chi connectivity index (χ1) is 15.6. The first-order valence-corrected chi connectivity index (χ1v) is 10.3. The molecule has 5 aromatic rings. The number of anilines is 1. The lowest BCUT2D eigenvalue weighted by Crippen LogP contribution is -2.28. The predicted octanol–water partition coefficient (Wildman–Crippen LogP) is 4.41. The largest absolute Gasteiger partial charge is 0.358 e. The highest BCUT2D eigenvalue weighted by molar-refractivity contribution is 6.28. The molecule has 0 saturated carbocycles. The lowest BCUT2D eigenvalue weighted by Gasteiger charge is -2.22. The Labute approximate surface area is 186 Å². The minimum Gasteiger partial charge on any atom is -0.358 e. The van der Waals surface area contributed by atoms with Crippen molar-refractivity contribution < 1.29 is 4.39 Å². The molecule has 0 spiro atoms. The van der Waals surface area contributed by atoms with Crippen LogP contribution < -0.4 is 10.9 Å². The van der Waals surface area contributed by atoms with Crippen LogP contribution in [0.3, 0.4) is 0 Å². The second kappa shape index (κ2) is 8.01. The van der Waals surface area contributed by atoms with Gasteiger partial charge in [-0.2, -0.15) is 9.97 Å². The molecule has 0 bridgehead atoms. The number of hydrogen-bond donors (Lipinski definition) is 2. The van der Waals surface area contributed by atoms with Crippen molar-refractivity contribution in [2.75, 3.05) is 5.32 Å². The maximum absolute atomic E-state index is 14.6. The lowest BCUT2D eigenvalue weighted by molar-refractivity contribution is 0.630. The predicted molar refractivity (Wildman–Crippen MR) is 121 cm³/mol. The molecule has 0 unspecified atom stereocenters. The van der Waals surface area contributed by atoms with Gasteiger partial charge in [0, 0.05) is 0 Å². The normalized spacial score (nSPS) is 12.3. The fourth-order valence-electron chi connectivity index (χ4n) is 3.69. The Morgan fingerprint density at radius 3 is 2.72 bits per heavy atom. The van der Waals surface area contributed by atoms with Crippen LogP contribution in [0.5, 0.6) is 0 Å².